The van der Waals surface area contributed by atoms with E-state index in [0.29, 0.717) is 6.54 Å². The molecule has 2 aliphatic rings. The Balaban J connectivity index is 1.45. The Morgan fingerprint density at radius 1 is 1.04 bits per heavy atom. The zero-order valence-electron chi connectivity index (χ0n) is 14.0. The second-order valence-corrected chi connectivity index (χ2v) is 6.87. The van der Waals surface area contributed by atoms with Gasteiger partial charge in [-0.3, -0.25) is 9.69 Å². The van der Waals surface area contributed by atoms with E-state index in [4.69, 9.17) is 0 Å². The minimum absolute atomic E-state index is 0.0114. The molecular weight excluding hydrogens is 286 g/mol. The van der Waals surface area contributed by atoms with Gasteiger partial charge in [-0.15, -0.1) is 0 Å². The minimum Gasteiger partial charge on any atom is -0.351 e. The zero-order chi connectivity index (χ0) is 15.9. The van der Waals surface area contributed by atoms with Gasteiger partial charge in [0.2, 0.25) is 5.91 Å². The van der Waals surface area contributed by atoms with Crippen molar-refractivity contribution in [2.45, 2.75) is 57.7 Å². The second-order valence-electron chi connectivity index (χ2n) is 6.87. The van der Waals surface area contributed by atoms with Gasteiger partial charge in [-0.25, -0.2) is 0 Å². The van der Waals surface area contributed by atoms with E-state index in [9.17, 15) is 4.79 Å². The standard InChI is InChI=1S/C19H29N3O/c23-19(18-6-5-11-20-18)21-14-16-7-9-17(10-8-16)15-22-12-3-1-2-4-13-22/h7-10,18,20H,1-6,11-15H2,(H,21,23). The molecule has 2 N–H and O–H groups in total. The lowest BCUT2D eigenvalue weighted by molar-refractivity contribution is -0.122. The molecule has 0 spiro atoms. The molecule has 4 nitrogen and oxygen atoms in total. The average Bonchev–Trinajstić information content (AvgIpc) is 3.00. The highest BCUT2D eigenvalue weighted by molar-refractivity contribution is 5.81. The van der Waals surface area contributed by atoms with E-state index in [-0.39, 0.29) is 11.9 Å². The molecule has 1 unspecified atom stereocenters. The molecule has 2 aliphatic heterocycles. The van der Waals surface area contributed by atoms with Gasteiger partial charge in [0.25, 0.3) is 0 Å². The largest absolute Gasteiger partial charge is 0.351 e. The number of hydrogen-bond donors (Lipinski definition) is 2. The predicted molar refractivity (Wildman–Crippen MR) is 93.1 cm³/mol. The van der Waals surface area contributed by atoms with Gasteiger partial charge < -0.3 is 10.6 Å². The van der Waals surface area contributed by atoms with Crippen LogP contribution in [-0.2, 0) is 17.9 Å². The molecule has 0 saturated carbocycles. The van der Waals surface area contributed by atoms with Crippen molar-refractivity contribution in [2.75, 3.05) is 19.6 Å². The smallest absolute Gasteiger partial charge is 0.237 e. The molecule has 2 heterocycles. The Kier molecular flexibility index (Phi) is 6.06. The number of likely N-dealkylation sites (tertiary alicyclic amines) is 1. The van der Waals surface area contributed by atoms with E-state index in [1.165, 1.54) is 49.9 Å². The summed E-state index contributed by atoms with van der Waals surface area (Å²) in [5.74, 6) is 0.135. The molecule has 1 amide bonds. The van der Waals surface area contributed by atoms with E-state index < -0.39 is 0 Å². The third-order valence-electron chi connectivity index (χ3n) is 4.97. The fourth-order valence-electron chi connectivity index (χ4n) is 3.54. The second kappa shape index (κ2) is 8.46. The number of benzene rings is 1. The molecule has 1 aromatic rings. The Labute approximate surface area is 139 Å². The first-order valence-corrected chi connectivity index (χ1v) is 9.12. The van der Waals surface area contributed by atoms with Crippen LogP contribution >= 0.6 is 0 Å². The number of nitrogens with one attached hydrogen (secondary N) is 2. The van der Waals surface area contributed by atoms with E-state index >= 15 is 0 Å². The lowest BCUT2D eigenvalue weighted by Gasteiger charge is -2.19. The van der Waals surface area contributed by atoms with Crippen LogP contribution in [0.4, 0.5) is 0 Å². The van der Waals surface area contributed by atoms with Crippen LogP contribution in [0, 0.1) is 0 Å². The molecule has 23 heavy (non-hydrogen) atoms. The maximum Gasteiger partial charge on any atom is 0.237 e. The summed E-state index contributed by atoms with van der Waals surface area (Å²) in [7, 11) is 0. The molecule has 0 radical (unpaired) electrons. The van der Waals surface area contributed by atoms with Crippen LogP contribution in [-0.4, -0.2) is 36.5 Å². The van der Waals surface area contributed by atoms with E-state index in [2.05, 4.69) is 39.8 Å². The summed E-state index contributed by atoms with van der Waals surface area (Å²) in [5.41, 5.74) is 2.55. The first-order chi connectivity index (χ1) is 11.3. The van der Waals surface area contributed by atoms with Gasteiger partial charge in [-0.1, -0.05) is 37.1 Å². The third kappa shape index (κ3) is 5.05. The highest BCUT2D eigenvalue weighted by Gasteiger charge is 2.21. The van der Waals surface area contributed by atoms with Gasteiger partial charge in [-0.2, -0.15) is 0 Å². The number of rotatable bonds is 5. The summed E-state index contributed by atoms with van der Waals surface area (Å²) in [6.07, 6.45) is 7.48. The van der Waals surface area contributed by atoms with Crippen molar-refractivity contribution in [1.82, 2.24) is 15.5 Å². The molecule has 4 heteroatoms. The Hall–Kier alpha value is -1.39. The molecule has 3 rings (SSSR count). The van der Waals surface area contributed by atoms with Crippen molar-refractivity contribution >= 4 is 5.91 Å². The van der Waals surface area contributed by atoms with Crippen molar-refractivity contribution in [1.29, 1.82) is 0 Å². The van der Waals surface area contributed by atoms with E-state index in [0.717, 1.165) is 25.9 Å². The number of carbonyl (C=O) groups is 1. The van der Waals surface area contributed by atoms with Gasteiger partial charge in [0.1, 0.15) is 0 Å². The summed E-state index contributed by atoms with van der Waals surface area (Å²) in [6, 6.07) is 8.73. The van der Waals surface area contributed by atoms with Gasteiger partial charge in [0.15, 0.2) is 0 Å². The summed E-state index contributed by atoms with van der Waals surface area (Å²) in [5, 5.41) is 6.27. The first-order valence-electron chi connectivity index (χ1n) is 9.12. The first kappa shape index (κ1) is 16.5. The van der Waals surface area contributed by atoms with Crippen molar-refractivity contribution < 1.29 is 4.79 Å². The van der Waals surface area contributed by atoms with Crippen molar-refractivity contribution in [2.24, 2.45) is 0 Å². The van der Waals surface area contributed by atoms with Gasteiger partial charge in [0, 0.05) is 13.1 Å². The predicted octanol–water partition coefficient (Wildman–Crippen LogP) is 2.43. The molecule has 2 fully saturated rings. The summed E-state index contributed by atoms with van der Waals surface area (Å²) in [4.78, 5) is 14.6. The Bertz CT molecular complexity index is 486. The van der Waals surface area contributed by atoms with E-state index in [1.807, 2.05) is 0 Å². The average molecular weight is 315 g/mol. The van der Waals surface area contributed by atoms with E-state index in [1.54, 1.807) is 0 Å². The Morgan fingerprint density at radius 2 is 1.74 bits per heavy atom. The third-order valence-corrected chi connectivity index (χ3v) is 4.97. The summed E-state index contributed by atoms with van der Waals surface area (Å²) in [6.45, 7) is 5.10. The topological polar surface area (TPSA) is 44.4 Å². The molecule has 0 aromatic heterocycles. The lowest BCUT2D eigenvalue weighted by atomic mass is 10.1. The summed E-state index contributed by atoms with van der Waals surface area (Å²) < 4.78 is 0. The molecule has 1 aromatic carbocycles. The minimum atomic E-state index is 0.0114. The van der Waals surface area contributed by atoms with Gasteiger partial charge in [0.05, 0.1) is 6.04 Å². The van der Waals surface area contributed by atoms with Crippen LogP contribution in [0.15, 0.2) is 24.3 Å². The van der Waals surface area contributed by atoms with Crippen LogP contribution in [0.3, 0.4) is 0 Å². The number of carbonyl (C=O) groups excluding carboxylic acids is 1. The van der Waals surface area contributed by atoms with Crippen molar-refractivity contribution in [3.63, 3.8) is 0 Å². The van der Waals surface area contributed by atoms with Gasteiger partial charge >= 0.3 is 0 Å². The summed E-state index contributed by atoms with van der Waals surface area (Å²) >= 11 is 0. The molecule has 126 valence electrons. The van der Waals surface area contributed by atoms with Crippen LogP contribution in [0.1, 0.15) is 49.7 Å². The normalized spacial score (nSPS) is 22.7. The molecule has 0 bridgehead atoms. The monoisotopic (exact) mass is 315 g/mol. The maximum absolute atomic E-state index is 12.0. The number of hydrogen-bond acceptors (Lipinski definition) is 3. The number of nitrogens with zero attached hydrogens (tertiary/aromatic N) is 1. The SMILES string of the molecule is O=C(NCc1ccc(CN2CCCCCC2)cc1)C1CCCN1. The van der Waals surface area contributed by atoms with Crippen molar-refractivity contribution in [3.05, 3.63) is 35.4 Å². The van der Waals surface area contributed by atoms with Crippen LogP contribution < -0.4 is 10.6 Å². The van der Waals surface area contributed by atoms with Gasteiger partial charge in [-0.05, 0) is 56.4 Å². The van der Waals surface area contributed by atoms with Crippen LogP contribution in [0.5, 0.6) is 0 Å². The molecular formula is C19H29N3O. The van der Waals surface area contributed by atoms with Crippen LogP contribution in [0.25, 0.3) is 0 Å². The number of amides is 1. The fraction of sp³-hybridized carbons (Fsp3) is 0.632. The van der Waals surface area contributed by atoms with Crippen molar-refractivity contribution in [3.8, 4) is 0 Å². The highest BCUT2D eigenvalue weighted by atomic mass is 16.2. The Morgan fingerprint density at radius 3 is 2.39 bits per heavy atom. The molecule has 0 aliphatic carbocycles. The molecule has 2 saturated heterocycles. The quantitative estimate of drug-likeness (QED) is 0.877. The zero-order valence-corrected chi connectivity index (χ0v) is 14.0. The molecule has 1 atom stereocenters. The fourth-order valence-corrected chi connectivity index (χ4v) is 3.54. The highest BCUT2D eigenvalue weighted by Crippen LogP contribution is 2.14. The lowest BCUT2D eigenvalue weighted by Crippen LogP contribution is -2.39. The maximum atomic E-state index is 12.0. The van der Waals surface area contributed by atoms with Crippen LogP contribution in [0.2, 0.25) is 0 Å².